The van der Waals surface area contributed by atoms with Gasteiger partial charge in [-0.15, -0.1) is 29.9 Å². The van der Waals surface area contributed by atoms with Crippen LogP contribution in [0.5, 0.6) is 5.75 Å². The van der Waals surface area contributed by atoms with Gasteiger partial charge in [-0.05, 0) is 31.2 Å². The van der Waals surface area contributed by atoms with Crippen LogP contribution >= 0.6 is 24.8 Å². The van der Waals surface area contributed by atoms with Gasteiger partial charge in [0.2, 0.25) is 0 Å². The Bertz CT molecular complexity index is 591. The van der Waals surface area contributed by atoms with E-state index in [-0.39, 0.29) is 24.8 Å². The number of hydrogen-bond acceptors (Lipinski definition) is 5. The number of azo groups is 1. The maximum Gasteiger partial charge on any atom is 0.167 e. The van der Waals surface area contributed by atoms with Crippen molar-refractivity contribution in [1.82, 2.24) is 0 Å². The van der Waals surface area contributed by atoms with Crippen molar-refractivity contribution in [2.24, 2.45) is 10.2 Å². The largest absolute Gasteiger partial charge is 0.489 e. The zero-order chi connectivity index (χ0) is 13.7. The van der Waals surface area contributed by atoms with Crippen molar-refractivity contribution in [2.75, 3.05) is 18.1 Å². The minimum Gasteiger partial charge on any atom is -0.489 e. The molecule has 2 aromatic rings. The third-order valence-electron chi connectivity index (χ3n) is 2.52. The monoisotopic (exact) mass is 328 g/mol. The van der Waals surface area contributed by atoms with Gasteiger partial charge < -0.3 is 16.2 Å². The van der Waals surface area contributed by atoms with E-state index in [1.807, 2.05) is 37.3 Å². The molecule has 0 saturated heterocycles. The lowest BCUT2D eigenvalue weighted by Crippen LogP contribution is -2.01. The Morgan fingerprint density at radius 2 is 1.62 bits per heavy atom. The van der Waals surface area contributed by atoms with Crippen LogP contribution in [0.15, 0.2) is 52.7 Å². The molecule has 114 valence electrons. The summed E-state index contributed by atoms with van der Waals surface area (Å²) in [5.74, 6) is 0.465. The van der Waals surface area contributed by atoms with Crippen molar-refractivity contribution < 1.29 is 4.74 Å². The molecule has 0 aromatic heterocycles. The molecular weight excluding hydrogens is 311 g/mol. The third-order valence-corrected chi connectivity index (χ3v) is 2.52. The first-order chi connectivity index (χ1) is 9.22. The molecule has 0 atom stereocenters. The molecule has 7 heteroatoms. The van der Waals surface area contributed by atoms with E-state index in [1.165, 1.54) is 0 Å². The van der Waals surface area contributed by atoms with Crippen molar-refractivity contribution in [2.45, 2.75) is 6.92 Å². The lowest BCUT2D eigenvalue weighted by Gasteiger charge is -2.10. The maximum atomic E-state index is 5.98. The summed E-state index contributed by atoms with van der Waals surface area (Å²) in [5, 5.41) is 8.24. The highest BCUT2D eigenvalue weighted by Gasteiger charge is 2.09. The van der Waals surface area contributed by atoms with Crippen molar-refractivity contribution >= 4 is 47.6 Å². The van der Waals surface area contributed by atoms with Crippen LogP contribution in [-0.2, 0) is 0 Å². The Balaban J connectivity index is 0.00000200. The van der Waals surface area contributed by atoms with Gasteiger partial charge in [-0.25, -0.2) is 0 Å². The smallest absolute Gasteiger partial charge is 0.167 e. The van der Waals surface area contributed by atoms with Gasteiger partial charge in [0.05, 0.1) is 18.0 Å². The van der Waals surface area contributed by atoms with Crippen LogP contribution < -0.4 is 16.2 Å². The van der Waals surface area contributed by atoms with Gasteiger partial charge in [0.1, 0.15) is 11.4 Å². The normalized spacial score (nSPS) is 9.76. The van der Waals surface area contributed by atoms with Crippen LogP contribution in [-0.4, -0.2) is 6.61 Å². The molecule has 5 nitrogen and oxygen atoms in total. The summed E-state index contributed by atoms with van der Waals surface area (Å²) >= 11 is 0. The zero-order valence-electron chi connectivity index (χ0n) is 11.5. The molecule has 0 bridgehead atoms. The molecule has 0 fully saturated rings. The number of benzene rings is 2. The SMILES string of the molecule is CCOc1c(N)ccc(N=Nc2ccccc2)c1N.Cl.Cl. The van der Waals surface area contributed by atoms with Crippen LogP contribution in [0, 0.1) is 0 Å². The number of nitrogens with zero attached hydrogens (tertiary/aromatic N) is 2. The van der Waals surface area contributed by atoms with Gasteiger partial charge in [-0.3, -0.25) is 0 Å². The summed E-state index contributed by atoms with van der Waals surface area (Å²) < 4.78 is 5.41. The average Bonchev–Trinajstić information content (AvgIpc) is 2.44. The summed E-state index contributed by atoms with van der Waals surface area (Å²) in [6, 6.07) is 12.9. The summed E-state index contributed by atoms with van der Waals surface area (Å²) in [5.41, 5.74) is 14.0. The highest BCUT2D eigenvalue weighted by atomic mass is 35.5. The Hall–Kier alpha value is -1.98. The molecule has 21 heavy (non-hydrogen) atoms. The van der Waals surface area contributed by atoms with Gasteiger partial charge in [-0.2, -0.15) is 5.11 Å². The standard InChI is InChI=1S/C14H16N4O.2ClH/c1-2-19-14-11(15)8-9-12(13(14)16)18-17-10-6-4-3-5-7-10;;/h3-9H,2,15-16H2,1H3;2*1H. The van der Waals surface area contributed by atoms with Crippen molar-refractivity contribution in [3.8, 4) is 5.75 Å². The molecule has 0 amide bonds. The Morgan fingerprint density at radius 1 is 0.952 bits per heavy atom. The molecule has 0 heterocycles. The number of ether oxygens (including phenoxy) is 1. The number of halogens is 2. The molecule has 0 aliphatic heterocycles. The highest BCUT2D eigenvalue weighted by molar-refractivity contribution is 5.85. The van der Waals surface area contributed by atoms with Gasteiger partial charge in [0.25, 0.3) is 0 Å². The van der Waals surface area contributed by atoms with E-state index in [0.29, 0.717) is 29.4 Å². The minimum absolute atomic E-state index is 0. The number of anilines is 2. The maximum absolute atomic E-state index is 5.98. The second-order valence-electron chi connectivity index (χ2n) is 3.89. The highest BCUT2D eigenvalue weighted by Crippen LogP contribution is 2.37. The zero-order valence-corrected chi connectivity index (χ0v) is 13.2. The molecule has 2 aromatic carbocycles. The first-order valence-electron chi connectivity index (χ1n) is 6.00. The molecular formula is C14H18Cl2N4O. The van der Waals surface area contributed by atoms with E-state index < -0.39 is 0 Å². The number of nitrogen functional groups attached to an aromatic ring is 2. The quantitative estimate of drug-likeness (QED) is 0.639. The third kappa shape index (κ3) is 4.81. The molecule has 2 rings (SSSR count). The van der Waals surface area contributed by atoms with Crippen molar-refractivity contribution in [3.05, 3.63) is 42.5 Å². The van der Waals surface area contributed by atoms with E-state index in [9.17, 15) is 0 Å². The lowest BCUT2D eigenvalue weighted by molar-refractivity contribution is 0.344. The summed E-state index contributed by atoms with van der Waals surface area (Å²) in [7, 11) is 0. The fourth-order valence-corrected chi connectivity index (χ4v) is 1.60. The fraction of sp³-hybridized carbons (Fsp3) is 0.143. The van der Waals surface area contributed by atoms with Crippen molar-refractivity contribution in [1.29, 1.82) is 0 Å². The summed E-state index contributed by atoms with van der Waals surface area (Å²) in [6.07, 6.45) is 0. The predicted molar refractivity (Wildman–Crippen MR) is 91.5 cm³/mol. The van der Waals surface area contributed by atoms with Gasteiger partial charge in [0.15, 0.2) is 5.75 Å². The number of rotatable bonds is 4. The molecule has 0 spiro atoms. The Morgan fingerprint density at radius 3 is 2.24 bits per heavy atom. The van der Waals surface area contributed by atoms with Crippen LogP contribution in [0.25, 0.3) is 0 Å². The Labute approximate surface area is 136 Å². The van der Waals surface area contributed by atoms with Crippen LogP contribution in [0.1, 0.15) is 6.92 Å². The summed E-state index contributed by atoms with van der Waals surface area (Å²) in [4.78, 5) is 0. The van der Waals surface area contributed by atoms with E-state index in [2.05, 4.69) is 10.2 Å². The molecule has 0 aliphatic carbocycles. The second kappa shape index (κ2) is 9.05. The molecule has 0 saturated carbocycles. The van der Waals surface area contributed by atoms with E-state index >= 15 is 0 Å². The Kier molecular flexibility index (Phi) is 8.19. The van der Waals surface area contributed by atoms with Crippen LogP contribution in [0.3, 0.4) is 0 Å². The topological polar surface area (TPSA) is 86.0 Å². The first-order valence-corrected chi connectivity index (χ1v) is 6.00. The predicted octanol–water partition coefficient (Wildman–Crippen LogP) is 4.51. The van der Waals surface area contributed by atoms with E-state index in [4.69, 9.17) is 16.2 Å². The average molecular weight is 329 g/mol. The number of nitrogens with two attached hydrogens (primary N) is 2. The fourth-order valence-electron chi connectivity index (χ4n) is 1.60. The molecule has 4 N–H and O–H groups in total. The summed E-state index contributed by atoms with van der Waals surface area (Å²) in [6.45, 7) is 2.37. The minimum atomic E-state index is 0. The second-order valence-corrected chi connectivity index (χ2v) is 3.89. The first kappa shape index (κ1) is 19.0. The molecule has 0 aliphatic rings. The van der Waals surface area contributed by atoms with Crippen LogP contribution in [0.4, 0.5) is 22.7 Å². The van der Waals surface area contributed by atoms with Gasteiger partial charge in [0, 0.05) is 0 Å². The number of hydrogen-bond donors (Lipinski definition) is 2. The van der Waals surface area contributed by atoms with E-state index in [1.54, 1.807) is 12.1 Å². The lowest BCUT2D eigenvalue weighted by atomic mass is 10.2. The van der Waals surface area contributed by atoms with Gasteiger partial charge >= 0.3 is 0 Å². The molecule has 0 radical (unpaired) electrons. The molecule has 0 unspecified atom stereocenters. The van der Waals surface area contributed by atoms with Crippen molar-refractivity contribution in [3.63, 3.8) is 0 Å². The van der Waals surface area contributed by atoms with Gasteiger partial charge in [-0.1, -0.05) is 18.2 Å². The van der Waals surface area contributed by atoms with Crippen LogP contribution in [0.2, 0.25) is 0 Å². The van der Waals surface area contributed by atoms with E-state index in [0.717, 1.165) is 5.69 Å².